The highest BCUT2D eigenvalue weighted by Gasteiger charge is 2.31. The lowest BCUT2D eigenvalue weighted by Gasteiger charge is -2.35. The number of hydrogen-bond donors (Lipinski definition) is 3. The number of benzene rings is 1. The van der Waals surface area contributed by atoms with E-state index in [1.807, 2.05) is 0 Å². The Balaban J connectivity index is 1.86. The zero-order chi connectivity index (χ0) is 13.9. The van der Waals surface area contributed by atoms with Crippen molar-refractivity contribution in [3.63, 3.8) is 0 Å². The predicted molar refractivity (Wildman–Crippen MR) is 77.4 cm³/mol. The molecule has 1 saturated carbocycles. The number of hydrogen-bond acceptors (Lipinski definition) is 3. The molecule has 0 spiro atoms. The summed E-state index contributed by atoms with van der Waals surface area (Å²) in [4.78, 5) is 0. The Kier molecular flexibility index (Phi) is 4.71. The molecule has 1 fully saturated rings. The summed E-state index contributed by atoms with van der Waals surface area (Å²) in [5, 5.41) is 24.0. The van der Waals surface area contributed by atoms with Crippen LogP contribution in [0.25, 0.3) is 0 Å². The Morgan fingerprint density at radius 2 is 2.05 bits per heavy atom. The van der Waals surface area contributed by atoms with E-state index in [0.717, 1.165) is 25.7 Å². The van der Waals surface area contributed by atoms with Crippen LogP contribution in [0, 0.1) is 5.92 Å². The normalized spacial score (nSPS) is 27.4. The van der Waals surface area contributed by atoms with Crippen molar-refractivity contribution in [1.82, 2.24) is 5.32 Å². The van der Waals surface area contributed by atoms with E-state index in [1.165, 1.54) is 0 Å². The molecule has 0 unspecified atom stereocenters. The van der Waals surface area contributed by atoms with E-state index in [2.05, 4.69) is 12.2 Å². The zero-order valence-corrected chi connectivity index (χ0v) is 12.1. The van der Waals surface area contributed by atoms with E-state index in [1.54, 1.807) is 18.2 Å². The monoisotopic (exact) mass is 283 g/mol. The lowest BCUT2D eigenvalue weighted by molar-refractivity contribution is -0.00633. The molecule has 1 aliphatic rings. The molecule has 0 aromatic heterocycles. The Labute approximate surface area is 119 Å². The van der Waals surface area contributed by atoms with Crippen molar-refractivity contribution >= 4 is 11.6 Å². The molecule has 0 aliphatic heterocycles. The second-order valence-corrected chi connectivity index (χ2v) is 6.16. The molecule has 19 heavy (non-hydrogen) atoms. The molecular weight excluding hydrogens is 262 g/mol. The van der Waals surface area contributed by atoms with E-state index in [9.17, 15) is 10.2 Å². The quantitative estimate of drug-likeness (QED) is 0.796. The minimum absolute atomic E-state index is 0.198. The van der Waals surface area contributed by atoms with Gasteiger partial charge in [-0.3, -0.25) is 0 Å². The molecule has 2 rings (SSSR count). The van der Waals surface area contributed by atoms with Gasteiger partial charge in [0.1, 0.15) is 5.75 Å². The molecule has 1 aromatic carbocycles. The molecule has 0 amide bonds. The van der Waals surface area contributed by atoms with Crippen LogP contribution in [0.3, 0.4) is 0 Å². The molecule has 0 radical (unpaired) electrons. The predicted octanol–water partition coefficient (Wildman–Crippen LogP) is 3.08. The Morgan fingerprint density at radius 1 is 1.37 bits per heavy atom. The highest BCUT2D eigenvalue weighted by Crippen LogP contribution is 2.31. The number of phenolic OH excluding ortho intramolecular Hbond substituents is 1. The molecule has 3 N–H and O–H groups in total. The summed E-state index contributed by atoms with van der Waals surface area (Å²) in [5.41, 5.74) is 0.0839. The molecule has 0 atom stereocenters. The Hall–Kier alpha value is -0.770. The van der Waals surface area contributed by atoms with Crippen molar-refractivity contribution in [2.24, 2.45) is 5.92 Å². The van der Waals surface area contributed by atoms with Gasteiger partial charge in [-0.15, -0.1) is 0 Å². The van der Waals surface area contributed by atoms with Crippen LogP contribution in [0.5, 0.6) is 5.75 Å². The van der Waals surface area contributed by atoms with Gasteiger partial charge < -0.3 is 15.5 Å². The van der Waals surface area contributed by atoms with Gasteiger partial charge in [-0.1, -0.05) is 24.6 Å². The second kappa shape index (κ2) is 6.12. The third-order valence-corrected chi connectivity index (χ3v) is 4.41. The number of rotatable bonds is 4. The van der Waals surface area contributed by atoms with Gasteiger partial charge in [0, 0.05) is 23.7 Å². The molecule has 106 valence electrons. The van der Waals surface area contributed by atoms with Crippen LogP contribution in [0.15, 0.2) is 18.2 Å². The van der Waals surface area contributed by atoms with Crippen molar-refractivity contribution in [1.29, 1.82) is 0 Å². The van der Waals surface area contributed by atoms with E-state index < -0.39 is 5.60 Å². The molecule has 0 bridgehead atoms. The lowest BCUT2D eigenvalue weighted by atomic mass is 9.79. The first-order valence-electron chi connectivity index (χ1n) is 6.90. The maximum absolute atomic E-state index is 10.4. The van der Waals surface area contributed by atoms with Crippen molar-refractivity contribution < 1.29 is 10.2 Å². The average Bonchev–Trinajstić information content (AvgIpc) is 2.37. The highest BCUT2D eigenvalue weighted by atomic mass is 35.5. The summed E-state index contributed by atoms with van der Waals surface area (Å²) in [6.45, 7) is 3.25. The standard InChI is InChI=1S/C15H22ClNO2/c1-11-5-7-15(19,8-6-11)10-17-9-12-13(16)3-2-4-14(12)18/h2-4,11,17-19H,5-10H2,1H3. The van der Waals surface area contributed by atoms with Gasteiger partial charge in [-0.05, 0) is 43.7 Å². The summed E-state index contributed by atoms with van der Waals surface area (Å²) >= 11 is 6.04. The summed E-state index contributed by atoms with van der Waals surface area (Å²) in [6, 6.07) is 5.10. The second-order valence-electron chi connectivity index (χ2n) is 5.75. The molecule has 0 heterocycles. The third-order valence-electron chi connectivity index (χ3n) is 4.05. The first-order valence-corrected chi connectivity index (χ1v) is 7.27. The molecule has 3 nitrogen and oxygen atoms in total. The molecule has 0 saturated heterocycles. The van der Waals surface area contributed by atoms with E-state index >= 15 is 0 Å². The van der Waals surface area contributed by atoms with Crippen molar-refractivity contribution in [3.8, 4) is 5.75 Å². The molecule has 1 aliphatic carbocycles. The van der Waals surface area contributed by atoms with Gasteiger partial charge in [0.25, 0.3) is 0 Å². The van der Waals surface area contributed by atoms with Crippen LogP contribution < -0.4 is 5.32 Å². The third kappa shape index (κ3) is 3.85. The summed E-state index contributed by atoms with van der Waals surface area (Å²) in [6.07, 6.45) is 3.84. The van der Waals surface area contributed by atoms with Gasteiger partial charge in [0.15, 0.2) is 0 Å². The van der Waals surface area contributed by atoms with Crippen LogP contribution in [0.1, 0.15) is 38.2 Å². The van der Waals surface area contributed by atoms with Gasteiger partial charge in [-0.25, -0.2) is 0 Å². The van der Waals surface area contributed by atoms with Crippen LogP contribution in [-0.2, 0) is 6.54 Å². The fraction of sp³-hybridized carbons (Fsp3) is 0.600. The minimum Gasteiger partial charge on any atom is -0.508 e. The number of nitrogens with one attached hydrogen (secondary N) is 1. The van der Waals surface area contributed by atoms with Crippen LogP contribution in [-0.4, -0.2) is 22.4 Å². The van der Waals surface area contributed by atoms with Crippen LogP contribution >= 0.6 is 11.6 Å². The van der Waals surface area contributed by atoms with Gasteiger partial charge in [-0.2, -0.15) is 0 Å². The fourth-order valence-electron chi connectivity index (χ4n) is 2.62. The molecule has 1 aromatic rings. The summed E-state index contributed by atoms with van der Waals surface area (Å²) in [7, 11) is 0. The van der Waals surface area contributed by atoms with Gasteiger partial charge >= 0.3 is 0 Å². The van der Waals surface area contributed by atoms with E-state index in [4.69, 9.17) is 11.6 Å². The number of phenols is 1. The van der Waals surface area contributed by atoms with Crippen molar-refractivity contribution in [3.05, 3.63) is 28.8 Å². The number of aliphatic hydroxyl groups is 1. The van der Waals surface area contributed by atoms with E-state index in [-0.39, 0.29) is 5.75 Å². The highest BCUT2D eigenvalue weighted by molar-refractivity contribution is 6.31. The number of halogens is 1. The first-order chi connectivity index (χ1) is 9.00. The first kappa shape index (κ1) is 14.6. The van der Waals surface area contributed by atoms with Crippen LogP contribution in [0.2, 0.25) is 5.02 Å². The molecule has 4 heteroatoms. The Morgan fingerprint density at radius 3 is 2.68 bits per heavy atom. The lowest BCUT2D eigenvalue weighted by Crippen LogP contribution is -2.43. The fourth-order valence-corrected chi connectivity index (χ4v) is 2.86. The maximum atomic E-state index is 10.4. The zero-order valence-electron chi connectivity index (χ0n) is 11.3. The van der Waals surface area contributed by atoms with E-state index in [0.29, 0.717) is 29.6 Å². The average molecular weight is 284 g/mol. The van der Waals surface area contributed by atoms with Gasteiger partial charge in [0.05, 0.1) is 5.60 Å². The SMILES string of the molecule is CC1CCC(O)(CNCc2c(O)cccc2Cl)CC1. The molecular formula is C15H22ClNO2. The summed E-state index contributed by atoms with van der Waals surface area (Å²) < 4.78 is 0. The van der Waals surface area contributed by atoms with Gasteiger partial charge in [0.2, 0.25) is 0 Å². The maximum Gasteiger partial charge on any atom is 0.121 e. The smallest absolute Gasteiger partial charge is 0.121 e. The number of aromatic hydroxyl groups is 1. The van der Waals surface area contributed by atoms with Crippen LogP contribution in [0.4, 0.5) is 0 Å². The van der Waals surface area contributed by atoms with Crippen molar-refractivity contribution in [2.75, 3.05) is 6.54 Å². The van der Waals surface area contributed by atoms with Crippen molar-refractivity contribution in [2.45, 2.75) is 44.8 Å². The minimum atomic E-state index is -0.608. The Bertz CT molecular complexity index is 408. The summed E-state index contributed by atoms with van der Waals surface area (Å²) in [5.74, 6) is 0.914. The largest absolute Gasteiger partial charge is 0.508 e. The topological polar surface area (TPSA) is 52.5 Å².